The summed E-state index contributed by atoms with van der Waals surface area (Å²) in [6, 6.07) is 0. The van der Waals surface area contributed by atoms with E-state index in [2.05, 4.69) is 6.92 Å². The number of methoxy groups -OCH3 is 1. The van der Waals surface area contributed by atoms with Crippen LogP contribution in [0.4, 0.5) is 0 Å². The fourth-order valence-corrected chi connectivity index (χ4v) is 9.26. The number of cyclic esters (lactones) is 1. The molecule has 0 aromatic carbocycles. The topological polar surface area (TPSA) is 132 Å². The molecule has 1 saturated heterocycles. The number of esters is 1. The highest BCUT2D eigenvalue weighted by Crippen LogP contribution is 2.68. The maximum atomic E-state index is 14.0. The number of ether oxygens (including phenoxy) is 4. The van der Waals surface area contributed by atoms with Gasteiger partial charge in [0.15, 0.2) is 12.0 Å². The lowest BCUT2D eigenvalue weighted by Crippen LogP contribution is -2.63. The van der Waals surface area contributed by atoms with Gasteiger partial charge in [0.1, 0.15) is 12.7 Å². The van der Waals surface area contributed by atoms with Gasteiger partial charge in [-0.15, -0.1) is 0 Å². The highest BCUT2D eigenvalue weighted by Gasteiger charge is 2.71. The van der Waals surface area contributed by atoms with Gasteiger partial charge in [-0.05, 0) is 87.2 Å². The Morgan fingerprint density at radius 3 is 2.51 bits per heavy atom. The van der Waals surface area contributed by atoms with Crippen LogP contribution < -0.4 is 0 Å². The lowest BCUT2D eigenvalue weighted by molar-refractivity contribution is -0.269. The summed E-state index contributed by atoms with van der Waals surface area (Å²) in [5.74, 6) is -1.47. The first kappa shape index (κ1) is 27.4. The van der Waals surface area contributed by atoms with E-state index in [1.54, 1.807) is 14.0 Å². The molecule has 0 amide bonds. The standard InChI is InChI=1S/C30H42O9/c1-15-25(32)21(36-4)13-23(38-15)39-18-7-9-28(2)17(12-18)5-6-20-24(28)26(33)27(34)29(3)19(8-10-30(20,29)35)16-11-22(31)37-14-16/h11,15,17-21,23,25,32-33,35H,5-10,12-14H2,1-4H3/t15-,17+,18-,19+,20+,21-,23+,25-,28-,29-,30-/m0/s1. The summed E-state index contributed by atoms with van der Waals surface area (Å²) in [5, 5.41) is 34.2. The number of rotatable bonds is 4. The van der Waals surface area contributed by atoms with E-state index in [9.17, 15) is 24.9 Å². The second-order valence-electron chi connectivity index (χ2n) is 13.2. The van der Waals surface area contributed by atoms with Gasteiger partial charge < -0.3 is 34.3 Å². The van der Waals surface area contributed by atoms with Crippen molar-refractivity contribution in [1.82, 2.24) is 0 Å². The van der Waals surface area contributed by atoms with Gasteiger partial charge in [0.25, 0.3) is 0 Å². The minimum Gasteiger partial charge on any atom is -0.504 e. The van der Waals surface area contributed by atoms with Gasteiger partial charge in [0, 0.05) is 25.5 Å². The van der Waals surface area contributed by atoms with Crippen LogP contribution in [0.5, 0.6) is 0 Å². The predicted molar refractivity (Wildman–Crippen MR) is 138 cm³/mol. The predicted octanol–water partition coefficient (Wildman–Crippen LogP) is 3.12. The number of aliphatic hydroxyl groups excluding tert-OH is 2. The highest BCUT2D eigenvalue weighted by molar-refractivity contribution is 6.02. The number of hydrogen-bond acceptors (Lipinski definition) is 9. The van der Waals surface area contributed by atoms with Gasteiger partial charge in [-0.1, -0.05) is 6.92 Å². The Balaban J connectivity index is 1.25. The van der Waals surface area contributed by atoms with E-state index in [1.807, 2.05) is 6.92 Å². The minimum absolute atomic E-state index is 0.0392. The Kier molecular flexibility index (Phi) is 6.59. The van der Waals surface area contributed by atoms with Crippen LogP contribution in [0.25, 0.3) is 0 Å². The van der Waals surface area contributed by atoms with Gasteiger partial charge in [0.2, 0.25) is 5.78 Å². The molecule has 0 spiro atoms. The van der Waals surface area contributed by atoms with Crippen LogP contribution in [0.1, 0.15) is 72.1 Å². The van der Waals surface area contributed by atoms with Gasteiger partial charge in [0.05, 0.1) is 29.3 Å². The number of fused-ring (bicyclic) bond motifs is 5. The molecule has 9 nitrogen and oxygen atoms in total. The van der Waals surface area contributed by atoms with Crippen molar-refractivity contribution in [1.29, 1.82) is 0 Å². The fraction of sp³-hybridized carbons (Fsp3) is 0.800. The molecule has 39 heavy (non-hydrogen) atoms. The summed E-state index contributed by atoms with van der Waals surface area (Å²) in [5.41, 5.74) is -1.45. The normalized spacial score (nSPS) is 49.7. The molecule has 6 aliphatic rings. The van der Waals surface area contributed by atoms with E-state index in [-0.39, 0.29) is 48.4 Å². The van der Waals surface area contributed by atoms with Crippen LogP contribution in [0.3, 0.4) is 0 Å². The molecule has 2 aliphatic heterocycles. The van der Waals surface area contributed by atoms with Gasteiger partial charge in [-0.3, -0.25) is 4.79 Å². The van der Waals surface area contributed by atoms with E-state index < -0.39 is 40.6 Å². The van der Waals surface area contributed by atoms with Crippen molar-refractivity contribution in [3.8, 4) is 0 Å². The third-order valence-electron chi connectivity index (χ3n) is 11.6. The quantitative estimate of drug-likeness (QED) is 0.359. The molecule has 3 saturated carbocycles. The van der Waals surface area contributed by atoms with Crippen LogP contribution in [0.2, 0.25) is 0 Å². The maximum absolute atomic E-state index is 14.0. The van der Waals surface area contributed by atoms with Crippen molar-refractivity contribution in [2.45, 2.75) is 108 Å². The van der Waals surface area contributed by atoms with E-state index in [4.69, 9.17) is 18.9 Å². The number of Topliss-reactive ketones (excluding diaryl/α,β-unsaturated/α-hetero) is 1. The van der Waals surface area contributed by atoms with Crippen LogP contribution in [0.15, 0.2) is 23.0 Å². The van der Waals surface area contributed by atoms with Crippen molar-refractivity contribution in [2.24, 2.45) is 28.6 Å². The average molecular weight is 547 g/mol. The summed E-state index contributed by atoms with van der Waals surface area (Å²) in [7, 11) is 1.59. The molecule has 0 unspecified atom stereocenters. The first-order chi connectivity index (χ1) is 18.4. The highest BCUT2D eigenvalue weighted by atomic mass is 16.7. The maximum Gasteiger partial charge on any atom is 0.331 e. The van der Waals surface area contributed by atoms with E-state index in [0.29, 0.717) is 25.7 Å². The molecule has 216 valence electrons. The number of aliphatic hydroxyl groups is 3. The zero-order valence-corrected chi connectivity index (χ0v) is 23.4. The minimum atomic E-state index is -1.29. The number of carbonyl (C=O) groups excluding carboxylic acids is 2. The van der Waals surface area contributed by atoms with Crippen LogP contribution in [0, 0.1) is 28.6 Å². The first-order valence-corrected chi connectivity index (χ1v) is 14.5. The number of allylic oxidation sites excluding steroid dienone is 1. The molecule has 0 aromatic rings. The molecule has 0 bridgehead atoms. The van der Waals surface area contributed by atoms with E-state index in [0.717, 1.165) is 36.8 Å². The zero-order chi connectivity index (χ0) is 27.9. The van der Waals surface area contributed by atoms with E-state index >= 15 is 0 Å². The first-order valence-electron chi connectivity index (χ1n) is 14.5. The van der Waals surface area contributed by atoms with Crippen molar-refractivity contribution in [3.05, 3.63) is 23.0 Å². The number of carbonyl (C=O) groups is 2. The molecule has 4 fully saturated rings. The summed E-state index contributed by atoms with van der Waals surface area (Å²) < 4.78 is 22.9. The summed E-state index contributed by atoms with van der Waals surface area (Å²) in [6.07, 6.45) is 4.81. The third-order valence-corrected chi connectivity index (χ3v) is 11.6. The molecule has 6 rings (SSSR count). The van der Waals surface area contributed by atoms with Crippen LogP contribution in [-0.2, 0) is 28.5 Å². The Morgan fingerprint density at radius 2 is 1.82 bits per heavy atom. The molecular formula is C30H42O9. The van der Waals surface area contributed by atoms with Crippen molar-refractivity contribution < 1.29 is 43.9 Å². The fourth-order valence-electron chi connectivity index (χ4n) is 9.26. The molecule has 2 heterocycles. The Morgan fingerprint density at radius 1 is 1.05 bits per heavy atom. The van der Waals surface area contributed by atoms with Gasteiger partial charge in [-0.2, -0.15) is 0 Å². The second-order valence-corrected chi connectivity index (χ2v) is 13.2. The van der Waals surface area contributed by atoms with Crippen molar-refractivity contribution in [3.63, 3.8) is 0 Å². The molecule has 11 atom stereocenters. The molecule has 4 aliphatic carbocycles. The van der Waals surface area contributed by atoms with Crippen LogP contribution in [-0.4, -0.2) is 77.1 Å². The molecule has 0 radical (unpaired) electrons. The molecule has 0 aromatic heterocycles. The summed E-state index contributed by atoms with van der Waals surface area (Å²) in [6.45, 7) is 5.87. The zero-order valence-electron chi connectivity index (χ0n) is 23.4. The lowest BCUT2D eigenvalue weighted by atomic mass is 9.46. The lowest BCUT2D eigenvalue weighted by Gasteiger charge is -2.59. The molecule has 9 heteroatoms. The summed E-state index contributed by atoms with van der Waals surface area (Å²) >= 11 is 0. The van der Waals surface area contributed by atoms with E-state index in [1.165, 1.54) is 6.08 Å². The monoisotopic (exact) mass is 546 g/mol. The van der Waals surface area contributed by atoms with Crippen molar-refractivity contribution >= 4 is 11.8 Å². The smallest absolute Gasteiger partial charge is 0.331 e. The van der Waals surface area contributed by atoms with Gasteiger partial charge in [-0.25, -0.2) is 4.79 Å². The average Bonchev–Trinajstić information content (AvgIpc) is 3.45. The third kappa shape index (κ3) is 3.83. The Hall–Kier alpha value is -1.78. The van der Waals surface area contributed by atoms with Crippen LogP contribution >= 0.6 is 0 Å². The molecule has 3 N–H and O–H groups in total. The Bertz CT molecular complexity index is 1110. The number of ketones is 1. The second kappa shape index (κ2) is 9.38. The Labute approximate surface area is 229 Å². The largest absolute Gasteiger partial charge is 0.504 e. The molecular weight excluding hydrogens is 504 g/mol. The number of hydrogen-bond donors (Lipinski definition) is 3. The SMILES string of the molecule is CO[C@H]1C[C@@H](O[C@H]2CC[C@]3(C)C4=C(O)C(=O)[C@]5(C)[C@@H](C6=CC(=O)OC6)CC[C@]5(O)[C@@H]4CC[C@@H]3C2)O[C@@H](C)[C@@H]1O. The van der Waals surface area contributed by atoms with Crippen molar-refractivity contribution in [2.75, 3.05) is 13.7 Å². The summed E-state index contributed by atoms with van der Waals surface area (Å²) in [4.78, 5) is 25.8. The van der Waals surface area contributed by atoms with Gasteiger partial charge >= 0.3 is 5.97 Å².